The highest BCUT2D eigenvalue weighted by atomic mass is 35.5. The number of anilines is 1. The number of ether oxygens (including phenoxy) is 1. The molecule has 0 aliphatic carbocycles. The van der Waals surface area contributed by atoms with Gasteiger partial charge < -0.3 is 15.0 Å². The van der Waals surface area contributed by atoms with Crippen molar-refractivity contribution in [2.24, 2.45) is 0 Å². The molecule has 1 aromatic rings. The third-order valence-corrected chi connectivity index (χ3v) is 3.80. The van der Waals surface area contributed by atoms with E-state index in [9.17, 15) is 0 Å². The molecular weight excluding hydrogens is 260 g/mol. The molecule has 19 heavy (non-hydrogen) atoms. The molecule has 1 unspecified atom stereocenters. The Kier molecular flexibility index (Phi) is 4.94. The van der Waals surface area contributed by atoms with E-state index in [2.05, 4.69) is 24.1 Å². The number of methoxy groups -OCH3 is 1. The Hall–Kier alpha value is -0.930. The van der Waals surface area contributed by atoms with E-state index in [1.807, 2.05) is 18.2 Å². The van der Waals surface area contributed by atoms with Crippen molar-refractivity contribution in [3.8, 4) is 5.75 Å². The first-order valence-electron chi connectivity index (χ1n) is 6.94. The van der Waals surface area contributed by atoms with E-state index in [0.29, 0.717) is 12.1 Å². The van der Waals surface area contributed by atoms with Crippen LogP contribution in [-0.2, 0) is 0 Å². The van der Waals surface area contributed by atoms with Gasteiger partial charge in [-0.1, -0.05) is 25.4 Å². The maximum absolute atomic E-state index is 6.32. The van der Waals surface area contributed by atoms with Gasteiger partial charge in [-0.3, -0.25) is 0 Å². The van der Waals surface area contributed by atoms with Crippen molar-refractivity contribution in [1.29, 1.82) is 0 Å². The van der Waals surface area contributed by atoms with Crippen LogP contribution in [0.1, 0.15) is 26.7 Å². The third kappa shape index (κ3) is 3.77. The number of halogens is 1. The van der Waals surface area contributed by atoms with Crippen LogP contribution in [0.15, 0.2) is 18.2 Å². The first kappa shape index (κ1) is 14.5. The van der Waals surface area contributed by atoms with E-state index >= 15 is 0 Å². The standard InChI is InChI=1S/C15H23ClN2O/c1-11(2)17-12-5-4-8-18(10-12)15-9-13(19-3)6-7-14(15)16/h6-7,9,11-12,17H,4-5,8,10H2,1-3H3. The molecule has 0 spiro atoms. The summed E-state index contributed by atoms with van der Waals surface area (Å²) in [4.78, 5) is 2.36. The highest BCUT2D eigenvalue weighted by Gasteiger charge is 2.22. The smallest absolute Gasteiger partial charge is 0.121 e. The van der Waals surface area contributed by atoms with Gasteiger partial charge in [-0.15, -0.1) is 0 Å². The topological polar surface area (TPSA) is 24.5 Å². The van der Waals surface area contributed by atoms with E-state index in [1.165, 1.54) is 12.8 Å². The van der Waals surface area contributed by atoms with Gasteiger partial charge in [0.05, 0.1) is 17.8 Å². The summed E-state index contributed by atoms with van der Waals surface area (Å²) in [5.74, 6) is 0.860. The van der Waals surface area contributed by atoms with Gasteiger partial charge in [0.1, 0.15) is 5.75 Å². The zero-order valence-electron chi connectivity index (χ0n) is 11.9. The molecular formula is C15H23ClN2O. The Morgan fingerprint density at radius 3 is 2.89 bits per heavy atom. The predicted molar refractivity (Wildman–Crippen MR) is 81.5 cm³/mol. The Labute approximate surface area is 120 Å². The van der Waals surface area contributed by atoms with Crippen molar-refractivity contribution in [3.05, 3.63) is 23.2 Å². The summed E-state index contributed by atoms with van der Waals surface area (Å²) in [5.41, 5.74) is 1.08. The number of hydrogen-bond donors (Lipinski definition) is 1. The predicted octanol–water partition coefficient (Wildman–Crippen LogP) is 3.32. The van der Waals surface area contributed by atoms with Gasteiger partial charge in [-0.05, 0) is 25.0 Å². The molecule has 1 fully saturated rings. The zero-order valence-corrected chi connectivity index (χ0v) is 12.7. The van der Waals surface area contributed by atoms with Crippen LogP contribution in [0.5, 0.6) is 5.75 Å². The summed E-state index contributed by atoms with van der Waals surface area (Å²) < 4.78 is 5.29. The minimum absolute atomic E-state index is 0.519. The fourth-order valence-corrected chi connectivity index (χ4v) is 2.90. The average Bonchev–Trinajstić information content (AvgIpc) is 2.39. The molecule has 2 rings (SSSR count). The highest BCUT2D eigenvalue weighted by molar-refractivity contribution is 6.33. The summed E-state index contributed by atoms with van der Waals surface area (Å²) in [6.07, 6.45) is 2.42. The van der Waals surface area contributed by atoms with Crippen LogP contribution in [0.25, 0.3) is 0 Å². The molecule has 1 atom stereocenters. The Balaban J connectivity index is 2.12. The molecule has 3 nitrogen and oxygen atoms in total. The van der Waals surface area contributed by atoms with Gasteiger partial charge in [-0.2, -0.15) is 0 Å². The van der Waals surface area contributed by atoms with Gasteiger partial charge in [-0.25, -0.2) is 0 Å². The van der Waals surface area contributed by atoms with E-state index in [0.717, 1.165) is 29.5 Å². The van der Waals surface area contributed by atoms with Crippen LogP contribution >= 0.6 is 11.6 Å². The normalized spacial score (nSPS) is 19.8. The van der Waals surface area contributed by atoms with Crippen molar-refractivity contribution in [2.45, 2.75) is 38.8 Å². The minimum atomic E-state index is 0.519. The molecule has 0 bridgehead atoms. The monoisotopic (exact) mass is 282 g/mol. The lowest BCUT2D eigenvalue weighted by atomic mass is 10.0. The van der Waals surface area contributed by atoms with Crippen molar-refractivity contribution in [1.82, 2.24) is 5.32 Å². The van der Waals surface area contributed by atoms with Gasteiger partial charge in [0.25, 0.3) is 0 Å². The molecule has 106 valence electrons. The summed E-state index contributed by atoms with van der Waals surface area (Å²) in [7, 11) is 1.69. The number of hydrogen-bond acceptors (Lipinski definition) is 3. The van der Waals surface area contributed by atoms with E-state index in [1.54, 1.807) is 7.11 Å². The number of piperidine rings is 1. The molecule has 1 aliphatic rings. The lowest BCUT2D eigenvalue weighted by molar-refractivity contribution is 0.393. The average molecular weight is 283 g/mol. The molecule has 1 N–H and O–H groups in total. The number of benzene rings is 1. The van der Waals surface area contributed by atoms with Crippen LogP contribution in [0, 0.1) is 0 Å². The first-order chi connectivity index (χ1) is 9.10. The van der Waals surface area contributed by atoms with Crippen LogP contribution in [0.4, 0.5) is 5.69 Å². The fraction of sp³-hybridized carbons (Fsp3) is 0.600. The van der Waals surface area contributed by atoms with Gasteiger partial charge >= 0.3 is 0 Å². The quantitative estimate of drug-likeness (QED) is 0.917. The molecule has 0 aromatic heterocycles. The van der Waals surface area contributed by atoms with E-state index in [-0.39, 0.29) is 0 Å². The molecule has 0 saturated carbocycles. The Morgan fingerprint density at radius 1 is 1.42 bits per heavy atom. The lowest BCUT2D eigenvalue weighted by Crippen LogP contribution is -2.48. The van der Waals surface area contributed by atoms with Crippen LogP contribution in [0.3, 0.4) is 0 Å². The summed E-state index contributed by atoms with van der Waals surface area (Å²) in [5, 5.41) is 4.41. The summed E-state index contributed by atoms with van der Waals surface area (Å²) in [6, 6.07) is 6.90. The molecule has 0 radical (unpaired) electrons. The maximum Gasteiger partial charge on any atom is 0.121 e. The largest absolute Gasteiger partial charge is 0.497 e. The molecule has 1 saturated heterocycles. The molecule has 0 amide bonds. The second-order valence-corrected chi connectivity index (χ2v) is 5.83. The molecule has 4 heteroatoms. The maximum atomic E-state index is 6.32. The van der Waals surface area contributed by atoms with Crippen LogP contribution < -0.4 is 15.0 Å². The molecule has 1 heterocycles. The van der Waals surface area contributed by atoms with Crippen molar-refractivity contribution in [3.63, 3.8) is 0 Å². The number of nitrogens with one attached hydrogen (secondary N) is 1. The van der Waals surface area contributed by atoms with Gasteiger partial charge in [0.2, 0.25) is 0 Å². The van der Waals surface area contributed by atoms with E-state index < -0.39 is 0 Å². The molecule has 1 aromatic carbocycles. The first-order valence-corrected chi connectivity index (χ1v) is 7.32. The zero-order chi connectivity index (χ0) is 13.8. The minimum Gasteiger partial charge on any atom is -0.497 e. The van der Waals surface area contributed by atoms with Crippen LogP contribution in [-0.4, -0.2) is 32.3 Å². The van der Waals surface area contributed by atoms with Crippen molar-refractivity contribution in [2.75, 3.05) is 25.1 Å². The SMILES string of the molecule is COc1ccc(Cl)c(N2CCCC(NC(C)C)C2)c1. The molecule has 1 aliphatic heterocycles. The Bertz CT molecular complexity index is 423. The van der Waals surface area contributed by atoms with Gasteiger partial charge in [0, 0.05) is 31.2 Å². The fourth-order valence-electron chi connectivity index (χ4n) is 2.67. The lowest BCUT2D eigenvalue weighted by Gasteiger charge is -2.36. The number of nitrogens with zero attached hydrogens (tertiary/aromatic N) is 1. The second-order valence-electron chi connectivity index (χ2n) is 5.42. The highest BCUT2D eigenvalue weighted by Crippen LogP contribution is 2.31. The van der Waals surface area contributed by atoms with Crippen molar-refractivity contribution < 1.29 is 4.74 Å². The third-order valence-electron chi connectivity index (χ3n) is 3.48. The Morgan fingerprint density at radius 2 is 2.21 bits per heavy atom. The second kappa shape index (κ2) is 6.49. The summed E-state index contributed by atoms with van der Waals surface area (Å²) >= 11 is 6.32. The number of rotatable bonds is 4. The van der Waals surface area contributed by atoms with Crippen molar-refractivity contribution >= 4 is 17.3 Å². The summed E-state index contributed by atoms with van der Waals surface area (Å²) in [6.45, 7) is 6.45. The van der Waals surface area contributed by atoms with Gasteiger partial charge in [0.15, 0.2) is 0 Å². The van der Waals surface area contributed by atoms with E-state index in [4.69, 9.17) is 16.3 Å². The van der Waals surface area contributed by atoms with Crippen LogP contribution in [0.2, 0.25) is 5.02 Å².